The molecular formula is C16H26N2O2. The smallest absolute Gasteiger partial charge is 0.236 e. The lowest BCUT2D eigenvalue weighted by Crippen LogP contribution is -2.41. The lowest BCUT2D eigenvalue weighted by molar-refractivity contribution is -0.130. The van der Waals surface area contributed by atoms with Crippen molar-refractivity contribution in [2.75, 3.05) is 27.2 Å². The van der Waals surface area contributed by atoms with E-state index in [9.17, 15) is 9.90 Å². The number of hydrogen-bond donors (Lipinski definition) is 1. The third-order valence-electron chi connectivity index (χ3n) is 3.65. The van der Waals surface area contributed by atoms with Crippen molar-refractivity contribution in [3.8, 4) is 5.75 Å². The zero-order valence-electron chi connectivity index (χ0n) is 13.0. The van der Waals surface area contributed by atoms with Gasteiger partial charge in [0.15, 0.2) is 0 Å². The lowest BCUT2D eigenvalue weighted by atomic mass is 10.0. The van der Waals surface area contributed by atoms with Crippen molar-refractivity contribution < 1.29 is 9.90 Å². The molecule has 4 nitrogen and oxygen atoms in total. The van der Waals surface area contributed by atoms with Crippen LogP contribution in [0.3, 0.4) is 0 Å². The van der Waals surface area contributed by atoms with Gasteiger partial charge in [-0.1, -0.05) is 19.1 Å². The Bertz CT molecular complexity index is 415. The molecule has 1 aromatic carbocycles. The van der Waals surface area contributed by atoms with Gasteiger partial charge in [0, 0.05) is 20.1 Å². The Kier molecular flexibility index (Phi) is 6.52. The average molecular weight is 278 g/mol. The second kappa shape index (κ2) is 7.90. The lowest BCUT2D eigenvalue weighted by Gasteiger charge is -2.28. The molecular weight excluding hydrogens is 252 g/mol. The van der Waals surface area contributed by atoms with Crippen LogP contribution in [0.25, 0.3) is 0 Å². The number of carbonyl (C=O) groups is 1. The molecule has 1 aromatic rings. The van der Waals surface area contributed by atoms with Crippen LogP contribution in [-0.2, 0) is 11.2 Å². The van der Waals surface area contributed by atoms with E-state index in [1.165, 1.54) is 5.56 Å². The number of phenolic OH excluding ortho intramolecular Hbond substituents is 1. The minimum atomic E-state index is 0.142. The van der Waals surface area contributed by atoms with E-state index in [4.69, 9.17) is 0 Å². The maximum Gasteiger partial charge on any atom is 0.236 e. The number of likely N-dealkylation sites (N-methyl/N-ethyl adjacent to an activating group) is 2. The zero-order valence-corrected chi connectivity index (χ0v) is 13.0. The maximum absolute atomic E-state index is 11.8. The van der Waals surface area contributed by atoms with Gasteiger partial charge >= 0.3 is 0 Å². The van der Waals surface area contributed by atoms with Crippen LogP contribution in [0.5, 0.6) is 5.75 Å². The highest BCUT2D eigenvalue weighted by Crippen LogP contribution is 2.13. The van der Waals surface area contributed by atoms with Gasteiger partial charge in [-0.25, -0.2) is 0 Å². The van der Waals surface area contributed by atoms with Crippen LogP contribution in [0.15, 0.2) is 24.3 Å². The number of phenols is 1. The third kappa shape index (κ3) is 5.21. The Hall–Kier alpha value is -1.55. The van der Waals surface area contributed by atoms with Gasteiger partial charge < -0.3 is 10.0 Å². The van der Waals surface area contributed by atoms with E-state index in [0.717, 1.165) is 19.4 Å². The van der Waals surface area contributed by atoms with Crippen LogP contribution in [0.2, 0.25) is 0 Å². The van der Waals surface area contributed by atoms with Gasteiger partial charge in [-0.05, 0) is 44.0 Å². The summed E-state index contributed by atoms with van der Waals surface area (Å²) in [5.74, 6) is 0.442. The van der Waals surface area contributed by atoms with Crippen molar-refractivity contribution in [1.82, 2.24) is 9.80 Å². The number of hydrogen-bond acceptors (Lipinski definition) is 3. The largest absolute Gasteiger partial charge is 0.508 e. The quantitative estimate of drug-likeness (QED) is 0.831. The Morgan fingerprint density at radius 3 is 2.35 bits per heavy atom. The summed E-state index contributed by atoms with van der Waals surface area (Å²) in [6.07, 6.45) is 1.95. The number of amides is 1. The molecule has 1 unspecified atom stereocenters. The molecule has 0 aliphatic heterocycles. The van der Waals surface area contributed by atoms with Crippen molar-refractivity contribution in [3.05, 3.63) is 29.8 Å². The molecule has 0 saturated heterocycles. The normalized spacial score (nSPS) is 12.4. The topological polar surface area (TPSA) is 43.8 Å². The molecule has 0 bridgehead atoms. The Balaban J connectivity index is 2.48. The molecule has 0 radical (unpaired) electrons. The SMILES string of the molecule is CCN(CC(=O)N(C)C)C(C)CCc1ccc(O)cc1. The number of nitrogens with zero attached hydrogens (tertiary/aromatic N) is 2. The standard InChI is InChI=1S/C16H26N2O2/c1-5-18(12-16(20)17(3)4)13(2)6-7-14-8-10-15(19)11-9-14/h8-11,13,19H,5-7,12H2,1-4H3. The molecule has 0 saturated carbocycles. The fourth-order valence-electron chi connectivity index (χ4n) is 2.12. The van der Waals surface area contributed by atoms with Crippen molar-refractivity contribution in [3.63, 3.8) is 0 Å². The highest BCUT2D eigenvalue weighted by Gasteiger charge is 2.16. The van der Waals surface area contributed by atoms with Crippen LogP contribution in [0.1, 0.15) is 25.8 Å². The number of aryl methyl sites for hydroxylation is 1. The molecule has 1 rings (SSSR count). The molecule has 0 spiro atoms. The Morgan fingerprint density at radius 2 is 1.85 bits per heavy atom. The molecule has 112 valence electrons. The predicted molar refractivity (Wildman–Crippen MR) is 81.8 cm³/mol. The Labute approximate surface area is 122 Å². The van der Waals surface area contributed by atoms with E-state index in [1.807, 2.05) is 12.1 Å². The number of carbonyl (C=O) groups excluding carboxylic acids is 1. The summed E-state index contributed by atoms with van der Waals surface area (Å²) < 4.78 is 0. The fraction of sp³-hybridized carbons (Fsp3) is 0.562. The summed E-state index contributed by atoms with van der Waals surface area (Å²) in [5, 5.41) is 9.26. The van der Waals surface area contributed by atoms with Crippen LogP contribution in [0, 0.1) is 0 Å². The van der Waals surface area contributed by atoms with E-state index >= 15 is 0 Å². The molecule has 0 aromatic heterocycles. The van der Waals surface area contributed by atoms with E-state index in [2.05, 4.69) is 18.7 Å². The van der Waals surface area contributed by atoms with Gasteiger partial charge in [-0.15, -0.1) is 0 Å². The molecule has 1 amide bonds. The summed E-state index contributed by atoms with van der Waals surface area (Å²) in [4.78, 5) is 15.6. The van der Waals surface area contributed by atoms with Crippen molar-refractivity contribution >= 4 is 5.91 Å². The summed E-state index contributed by atoms with van der Waals surface area (Å²) in [5.41, 5.74) is 1.21. The number of aromatic hydroxyl groups is 1. The predicted octanol–water partition coefficient (Wildman–Crippen LogP) is 2.12. The van der Waals surface area contributed by atoms with Gasteiger partial charge in [-0.3, -0.25) is 9.69 Å². The first-order valence-corrected chi connectivity index (χ1v) is 7.16. The highest BCUT2D eigenvalue weighted by molar-refractivity contribution is 5.77. The minimum absolute atomic E-state index is 0.142. The van der Waals surface area contributed by atoms with E-state index < -0.39 is 0 Å². The molecule has 0 aliphatic carbocycles. The van der Waals surface area contributed by atoms with Crippen LogP contribution in [0.4, 0.5) is 0 Å². The summed E-state index contributed by atoms with van der Waals surface area (Å²) in [6, 6.07) is 7.69. The van der Waals surface area contributed by atoms with Crippen LogP contribution < -0.4 is 0 Å². The van der Waals surface area contributed by atoms with E-state index in [-0.39, 0.29) is 5.91 Å². The minimum Gasteiger partial charge on any atom is -0.508 e. The van der Waals surface area contributed by atoms with Crippen molar-refractivity contribution in [2.45, 2.75) is 32.7 Å². The molecule has 0 aliphatic rings. The number of rotatable bonds is 7. The van der Waals surface area contributed by atoms with E-state index in [0.29, 0.717) is 18.3 Å². The first kappa shape index (κ1) is 16.5. The first-order chi connectivity index (χ1) is 9.43. The van der Waals surface area contributed by atoms with E-state index in [1.54, 1.807) is 31.1 Å². The van der Waals surface area contributed by atoms with Crippen molar-refractivity contribution in [2.24, 2.45) is 0 Å². The third-order valence-corrected chi connectivity index (χ3v) is 3.65. The average Bonchev–Trinajstić information content (AvgIpc) is 2.43. The summed E-state index contributed by atoms with van der Waals surface area (Å²) >= 11 is 0. The second-order valence-electron chi connectivity index (χ2n) is 5.41. The molecule has 1 N–H and O–H groups in total. The van der Waals surface area contributed by atoms with Gasteiger partial charge in [0.1, 0.15) is 5.75 Å². The zero-order chi connectivity index (χ0) is 15.1. The van der Waals surface area contributed by atoms with Crippen LogP contribution >= 0.6 is 0 Å². The maximum atomic E-state index is 11.8. The molecule has 20 heavy (non-hydrogen) atoms. The molecule has 1 atom stereocenters. The summed E-state index contributed by atoms with van der Waals surface area (Å²) in [7, 11) is 3.58. The molecule has 0 heterocycles. The monoisotopic (exact) mass is 278 g/mol. The van der Waals surface area contributed by atoms with Gasteiger partial charge in [0.2, 0.25) is 5.91 Å². The second-order valence-corrected chi connectivity index (χ2v) is 5.41. The van der Waals surface area contributed by atoms with Crippen LogP contribution in [-0.4, -0.2) is 54.0 Å². The molecule has 0 fully saturated rings. The first-order valence-electron chi connectivity index (χ1n) is 7.16. The highest BCUT2D eigenvalue weighted by atomic mass is 16.3. The van der Waals surface area contributed by atoms with Crippen molar-refractivity contribution in [1.29, 1.82) is 0 Å². The molecule has 4 heteroatoms. The fourth-order valence-corrected chi connectivity index (χ4v) is 2.12. The van der Waals surface area contributed by atoms with Gasteiger partial charge in [0.25, 0.3) is 0 Å². The van der Waals surface area contributed by atoms with Gasteiger partial charge in [0.05, 0.1) is 6.54 Å². The summed E-state index contributed by atoms with van der Waals surface area (Å²) in [6.45, 7) is 5.59. The number of benzene rings is 1. The van der Waals surface area contributed by atoms with Gasteiger partial charge in [-0.2, -0.15) is 0 Å². The Morgan fingerprint density at radius 1 is 1.25 bits per heavy atom.